The molecule has 0 aromatic heterocycles. The lowest BCUT2D eigenvalue weighted by Gasteiger charge is -2.02. The number of nitrogens with one attached hydrogen (secondary N) is 2. The molecule has 5 nitrogen and oxygen atoms in total. The highest BCUT2D eigenvalue weighted by atomic mass is 35.5. The molecule has 0 unspecified atom stereocenters. The summed E-state index contributed by atoms with van der Waals surface area (Å²) in [5.41, 5.74) is 1.18. The Kier molecular flexibility index (Phi) is 5.06. The SMILES string of the molecule is O=C(/C=N/C(=O)Nc1ccc(Cl)cc1)Nc1ccccc1. The molecule has 106 valence electrons. The minimum absolute atomic E-state index is 0.479. The molecule has 0 aliphatic heterocycles. The number of anilines is 2. The zero-order chi connectivity index (χ0) is 15.1. The van der Waals surface area contributed by atoms with Gasteiger partial charge in [0.15, 0.2) is 0 Å². The molecule has 0 heterocycles. The van der Waals surface area contributed by atoms with Crippen molar-refractivity contribution in [1.82, 2.24) is 0 Å². The third-order valence-corrected chi connectivity index (χ3v) is 2.69. The summed E-state index contributed by atoms with van der Waals surface area (Å²) in [5.74, 6) is -0.479. The van der Waals surface area contributed by atoms with E-state index < -0.39 is 11.9 Å². The molecule has 21 heavy (non-hydrogen) atoms. The molecule has 0 saturated carbocycles. The van der Waals surface area contributed by atoms with Gasteiger partial charge in [0.05, 0.1) is 6.21 Å². The number of urea groups is 1. The number of carbonyl (C=O) groups excluding carboxylic acids is 2. The zero-order valence-corrected chi connectivity index (χ0v) is 11.7. The van der Waals surface area contributed by atoms with Gasteiger partial charge in [0, 0.05) is 16.4 Å². The van der Waals surface area contributed by atoms with Crippen molar-refractivity contribution in [2.75, 3.05) is 10.6 Å². The molecule has 0 saturated heterocycles. The summed E-state index contributed by atoms with van der Waals surface area (Å²) in [5, 5.41) is 5.66. The second-order valence-corrected chi connectivity index (χ2v) is 4.49. The van der Waals surface area contributed by atoms with Crippen LogP contribution in [0.25, 0.3) is 0 Å². The molecule has 2 aromatic carbocycles. The normalized spacial score (nSPS) is 10.3. The number of amides is 3. The highest BCUT2D eigenvalue weighted by Gasteiger charge is 2.01. The summed E-state index contributed by atoms with van der Waals surface area (Å²) in [7, 11) is 0. The van der Waals surface area contributed by atoms with Crippen LogP contribution in [-0.4, -0.2) is 18.2 Å². The van der Waals surface area contributed by atoms with E-state index in [1.54, 1.807) is 48.5 Å². The molecule has 3 amide bonds. The summed E-state index contributed by atoms with van der Waals surface area (Å²) in [6.45, 7) is 0. The Morgan fingerprint density at radius 1 is 0.905 bits per heavy atom. The predicted octanol–water partition coefficient (Wildman–Crippen LogP) is 3.58. The van der Waals surface area contributed by atoms with Crippen molar-refractivity contribution >= 4 is 41.1 Å². The number of rotatable bonds is 3. The fourth-order valence-corrected chi connectivity index (χ4v) is 1.63. The van der Waals surface area contributed by atoms with Gasteiger partial charge in [0.1, 0.15) is 0 Å². The topological polar surface area (TPSA) is 70.6 Å². The monoisotopic (exact) mass is 301 g/mol. The van der Waals surface area contributed by atoms with Gasteiger partial charge in [0.25, 0.3) is 5.91 Å². The molecule has 2 aromatic rings. The molecule has 0 radical (unpaired) electrons. The first kappa shape index (κ1) is 14.7. The Labute approximate surface area is 126 Å². The van der Waals surface area contributed by atoms with Crippen molar-refractivity contribution in [1.29, 1.82) is 0 Å². The Bertz CT molecular complexity index is 654. The average Bonchev–Trinajstić information content (AvgIpc) is 2.49. The highest BCUT2D eigenvalue weighted by molar-refractivity contribution is 6.33. The smallest absolute Gasteiger partial charge is 0.321 e. The van der Waals surface area contributed by atoms with Crippen molar-refractivity contribution < 1.29 is 9.59 Å². The van der Waals surface area contributed by atoms with E-state index in [1.165, 1.54) is 0 Å². The number of hydrogen-bond acceptors (Lipinski definition) is 2. The van der Waals surface area contributed by atoms with Crippen LogP contribution >= 0.6 is 11.6 Å². The van der Waals surface area contributed by atoms with Crippen LogP contribution in [0.1, 0.15) is 0 Å². The van der Waals surface area contributed by atoms with Crippen LogP contribution in [0.5, 0.6) is 0 Å². The van der Waals surface area contributed by atoms with E-state index in [2.05, 4.69) is 15.6 Å². The molecule has 0 bridgehead atoms. The molecule has 0 aliphatic rings. The molecule has 0 fully saturated rings. The van der Waals surface area contributed by atoms with Crippen LogP contribution in [0.2, 0.25) is 5.02 Å². The van der Waals surface area contributed by atoms with Gasteiger partial charge in [-0.25, -0.2) is 4.79 Å². The maximum absolute atomic E-state index is 11.6. The van der Waals surface area contributed by atoms with Crippen molar-refractivity contribution in [3.63, 3.8) is 0 Å². The average molecular weight is 302 g/mol. The van der Waals surface area contributed by atoms with Crippen LogP contribution in [0, 0.1) is 0 Å². The van der Waals surface area contributed by atoms with Gasteiger partial charge in [-0.1, -0.05) is 29.8 Å². The summed E-state index contributed by atoms with van der Waals surface area (Å²) in [6.07, 6.45) is 0.929. The number of halogens is 1. The third kappa shape index (κ3) is 5.08. The van der Waals surface area contributed by atoms with Gasteiger partial charge in [0.2, 0.25) is 0 Å². The number of para-hydroxylation sites is 1. The van der Waals surface area contributed by atoms with Crippen molar-refractivity contribution in [3.05, 3.63) is 59.6 Å². The van der Waals surface area contributed by atoms with Gasteiger partial charge in [-0.2, -0.15) is 4.99 Å². The highest BCUT2D eigenvalue weighted by Crippen LogP contribution is 2.13. The maximum atomic E-state index is 11.6. The molecule has 0 aliphatic carbocycles. The number of hydrogen-bond donors (Lipinski definition) is 2. The lowest BCUT2D eigenvalue weighted by Crippen LogP contribution is -2.15. The summed E-state index contributed by atoms with van der Waals surface area (Å²) >= 11 is 5.73. The van der Waals surface area contributed by atoms with Crippen molar-refractivity contribution in [2.24, 2.45) is 4.99 Å². The number of aliphatic imine (C=N–C) groups is 1. The van der Waals surface area contributed by atoms with Gasteiger partial charge >= 0.3 is 6.03 Å². The fourth-order valence-electron chi connectivity index (χ4n) is 1.50. The fraction of sp³-hybridized carbons (Fsp3) is 0. The number of benzene rings is 2. The second kappa shape index (κ2) is 7.21. The summed E-state index contributed by atoms with van der Waals surface area (Å²) < 4.78 is 0. The van der Waals surface area contributed by atoms with Gasteiger partial charge in [-0.3, -0.25) is 4.79 Å². The van der Waals surface area contributed by atoms with Crippen LogP contribution < -0.4 is 10.6 Å². The van der Waals surface area contributed by atoms with E-state index in [1.807, 2.05) is 6.07 Å². The minimum atomic E-state index is -0.638. The maximum Gasteiger partial charge on any atom is 0.345 e. The van der Waals surface area contributed by atoms with Crippen LogP contribution in [0.3, 0.4) is 0 Å². The van der Waals surface area contributed by atoms with E-state index in [-0.39, 0.29) is 0 Å². The van der Waals surface area contributed by atoms with Gasteiger partial charge < -0.3 is 10.6 Å². The standard InChI is InChI=1S/C15H12ClN3O2/c16-11-6-8-13(9-7-11)19-15(21)17-10-14(20)18-12-4-2-1-3-5-12/h1-10H,(H,18,20)(H,19,21)/b17-10+. The predicted molar refractivity (Wildman–Crippen MR) is 84.0 cm³/mol. The molecule has 0 atom stereocenters. The van der Waals surface area contributed by atoms with Gasteiger partial charge in [-0.05, 0) is 36.4 Å². The van der Waals surface area contributed by atoms with Crippen LogP contribution in [0.15, 0.2) is 59.6 Å². The molecule has 0 spiro atoms. The Morgan fingerprint density at radius 2 is 1.52 bits per heavy atom. The van der Waals surface area contributed by atoms with Crippen LogP contribution in [-0.2, 0) is 4.79 Å². The first-order valence-corrected chi connectivity index (χ1v) is 6.48. The minimum Gasteiger partial charge on any atom is -0.321 e. The quantitative estimate of drug-likeness (QED) is 0.851. The third-order valence-electron chi connectivity index (χ3n) is 2.44. The van der Waals surface area contributed by atoms with E-state index in [0.29, 0.717) is 16.4 Å². The number of nitrogens with zero attached hydrogens (tertiary/aromatic N) is 1. The molecule has 6 heteroatoms. The molecular formula is C15H12ClN3O2. The van der Waals surface area contributed by atoms with E-state index in [4.69, 9.17) is 11.6 Å². The first-order chi connectivity index (χ1) is 10.1. The van der Waals surface area contributed by atoms with Crippen molar-refractivity contribution in [3.8, 4) is 0 Å². The molecular weight excluding hydrogens is 290 g/mol. The van der Waals surface area contributed by atoms with E-state index in [0.717, 1.165) is 6.21 Å². The Morgan fingerprint density at radius 3 is 2.19 bits per heavy atom. The largest absolute Gasteiger partial charge is 0.345 e. The lowest BCUT2D eigenvalue weighted by molar-refractivity contribution is -0.109. The van der Waals surface area contributed by atoms with E-state index >= 15 is 0 Å². The van der Waals surface area contributed by atoms with Crippen molar-refractivity contribution in [2.45, 2.75) is 0 Å². The lowest BCUT2D eigenvalue weighted by atomic mass is 10.3. The molecule has 2 N–H and O–H groups in total. The Balaban J connectivity index is 1.87. The second-order valence-electron chi connectivity index (χ2n) is 4.05. The number of carbonyl (C=O) groups is 2. The summed E-state index contributed by atoms with van der Waals surface area (Å²) in [4.78, 5) is 26.6. The Hall–Kier alpha value is -2.66. The van der Waals surface area contributed by atoms with E-state index in [9.17, 15) is 9.59 Å². The summed E-state index contributed by atoms with van der Waals surface area (Å²) in [6, 6.07) is 14.8. The first-order valence-electron chi connectivity index (χ1n) is 6.10. The molecule has 2 rings (SSSR count). The van der Waals surface area contributed by atoms with Crippen LogP contribution in [0.4, 0.5) is 16.2 Å². The zero-order valence-electron chi connectivity index (χ0n) is 10.9. The van der Waals surface area contributed by atoms with Gasteiger partial charge in [-0.15, -0.1) is 0 Å².